The van der Waals surface area contributed by atoms with Crippen LogP contribution in [0.15, 0.2) is 24.4 Å². The number of fused-ring (bicyclic) bond motifs is 3. The van der Waals surface area contributed by atoms with Gasteiger partial charge in [-0.15, -0.1) is 0 Å². The molecule has 0 unspecified atom stereocenters. The van der Waals surface area contributed by atoms with E-state index in [9.17, 15) is 9.59 Å². The van der Waals surface area contributed by atoms with Crippen molar-refractivity contribution in [2.24, 2.45) is 5.92 Å². The van der Waals surface area contributed by atoms with Crippen LogP contribution in [0.2, 0.25) is 5.02 Å². The molecule has 2 heterocycles. The van der Waals surface area contributed by atoms with Crippen LogP contribution in [-0.4, -0.2) is 59.2 Å². The van der Waals surface area contributed by atoms with Crippen molar-refractivity contribution in [2.45, 2.75) is 64.6 Å². The maximum Gasteiger partial charge on any atom is 0.410 e. The van der Waals surface area contributed by atoms with Gasteiger partial charge in [0.15, 0.2) is 0 Å². The van der Waals surface area contributed by atoms with Gasteiger partial charge in [0, 0.05) is 48.9 Å². The SMILES string of the molecule is CN(CC1CCC(N2C(=O)N(C)Cc3cnc4ccc(Cl)cc4c32)CC1)C(=O)OC(C)(C)C. The molecule has 0 spiro atoms. The fourth-order valence-corrected chi connectivity index (χ4v) is 5.09. The highest BCUT2D eigenvalue weighted by molar-refractivity contribution is 6.31. The van der Waals surface area contributed by atoms with E-state index in [0.29, 0.717) is 24.0 Å². The van der Waals surface area contributed by atoms with Gasteiger partial charge in [-0.05, 0) is 70.6 Å². The second-order valence-electron chi connectivity index (χ2n) is 10.3. The number of amides is 3. The van der Waals surface area contributed by atoms with Crippen molar-refractivity contribution >= 4 is 40.3 Å². The molecular formula is C25H33ClN4O3. The quantitative estimate of drug-likeness (QED) is 0.575. The summed E-state index contributed by atoms with van der Waals surface area (Å²) in [4.78, 5) is 35.6. The van der Waals surface area contributed by atoms with E-state index in [1.165, 1.54) is 0 Å². The lowest BCUT2D eigenvalue weighted by molar-refractivity contribution is 0.0261. The van der Waals surface area contributed by atoms with Crippen LogP contribution < -0.4 is 4.90 Å². The average molecular weight is 473 g/mol. The molecule has 0 bridgehead atoms. The molecule has 1 aliphatic carbocycles. The standard InChI is InChI=1S/C25H33ClN4O3/c1-25(2,3)33-24(32)29(5)14-16-6-9-19(10-7-16)30-22-17(15-28(4)23(30)31)13-27-21-11-8-18(26)12-20(21)22/h8,11-13,16,19H,6-7,9-10,14-15H2,1-5H3. The molecule has 1 aromatic carbocycles. The van der Waals surface area contributed by atoms with Crippen LogP contribution in [0.25, 0.3) is 10.9 Å². The Morgan fingerprint density at radius 3 is 2.61 bits per heavy atom. The lowest BCUT2D eigenvalue weighted by Crippen LogP contribution is -2.51. The third kappa shape index (κ3) is 5.03. The Labute approximate surface area is 200 Å². The first kappa shape index (κ1) is 23.6. The minimum absolute atomic E-state index is 0.0179. The largest absolute Gasteiger partial charge is 0.444 e. The molecule has 3 amide bonds. The molecule has 2 aromatic rings. The van der Waals surface area contributed by atoms with Gasteiger partial charge in [-0.3, -0.25) is 9.88 Å². The van der Waals surface area contributed by atoms with Crippen LogP contribution in [0.5, 0.6) is 0 Å². The number of benzene rings is 1. The predicted molar refractivity (Wildman–Crippen MR) is 131 cm³/mol. The molecule has 1 aromatic heterocycles. The average Bonchev–Trinajstić information content (AvgIpc) is 2.74. The third-order valence-corrected chi connectivity index (χ3v) is 6.71. The van der Waals surface area contributed by atoms with Crippen LogP contribution in [-0.2, 0) is 11.3 Å². The van der Waals surface area contributed by atoms with Crippen molar-refractivity contribution < 1.29 is 14.3 Å². The molecule has 0 atom stereocenters. The lowest BCUT2D eigenvalue weighted by Gasteiger charge is -2.43. The number of urea groups is 1. The maximum atomic E-state index is 13.3. The van der Waals surface area contributed by atoms with Gasteiger partial charge in [0.1, 0.15) is 5.60 Å². The zero-order valence-corrected chi connectivity index (χ0v) is 20.9. The first-order valence-electron chi connectivity index (χ1n) is 11.6. The molecule has 1 fully saturated rings. The Morgan fingerprint density at radius 1 is 1.24 bits per heavy atom. The summed E-state index contributed by atoms with van der Waals surface area (Å²) in [6, 6.07) is 5.77. The minimum Gasteiger partial charge on any atom is -0.444 e. The topological polar surface area (TPSA) is 66.0 Å². The van der Waals surface area contributed by atoms with Gasteiger partial charge in [-0.25, -0.2) is 9.59 Å². The Kier molecular flexibility index (Phi) is 6.45. The summed E-state index contributed by atoms with van der Waals surface area (Å²) in [7, 11) is 3.63. The van der Waals surface area contributed by atoms with E-state index in [-0.39, 0.29) is 18.2 Å². The van der Waals surface area contributed by atoms with E-state index in [2.05, 4.69) is 4.98 Å². The first-order valence-corrected chi connectivity index (χ1v) is 12.0. The van der Waals surface area contributed by atoms with E-state index in [1.807, 2.05) is 57.1 Å². The molecule has 7 nitrogen and oxygen atoms in total. The maximum absolute atomic E-state index is 13.3. The zero-order chi connectivity index (χ0) is 23.9. The molecule has 8 heteroatoms. The minimum atomic E-state index is -0.502. The van der Waals surface area contributed by atoms with Gasteiger partial charge in [0.05, 0.1) is 17.7 Å². The number of pyridine rings is 1. The summed E-state index contributed by atoms with van der Waals surface area (Å²) >= 11 is 6.31. The third-order valence-electron chi connectivity index (χ3n) is 6.48. The molecule has 4 rings (SSSR count). The van der Waals surface area contributed by atoms with Crippen LogP contribution in [0.4, 0.5) is 15.3 Å². The zero-order valence-electron chi connectivity index (χ0n) is 20.1. The molecular weight excluding hydrogens is 440 g/mol. The molecule has 178 valence electrons. The van der Waals surface area contributed by atoms with Crippen molar-refractivity contribution in [1.82, 2.24) is 14.8 Å². The van der Waals surface area contributed by atoms with Gasteiger partial charge >= 0.3 is 12.1 Å². The van der Waals surface area contributed by atoms with Crippen LogP contribution in [0.3, 0.4) is 0 Å². The first-order chi connectivity index (χ1) is 15.5. The highest BCUT2D eigenvalue weighted by Gasteiger charge is 2.37. The van der Waals surface area contributed by atoms with Gasteiger partial charge < -0.3 is 14.5 Å². The predicted octanol–water partition coefficient (Wildman–Crippen LogP) is 5.69. The fourth-order valence-electron chi connectivity index (χ4n) is 4.92. The Balaban J connectivity index is 1.51. The number of hydrogen-bond donors (Lipinski definition) is 0. The molecule has 33 heavy (non-hydrogen) atoms. The van der Waals surface area contributed by atoms with Crippen LogP contribution >= 0.6 is 11.6 Å². The number of hydrogen-bond acceptors (Lipinski definition) is 4. The van der Waals surface area contributed by atoms with Crippen molar-refractivity contribution in [1.29, 1.82) is 0 Å². The second-order valence-corrected chi connectivity index (χ2v) is 10.8. The summed E-state index contributed by atoms with van der Waals surface area (Å²) in [6.07, 6.45) is 5.26. The van der Waals surface area contributed by atoms with E-state index in [1.54, 1.807) is 16.8 Å². The number of aromatic nitrogens is 1. The second kappa shape index (κ2) is 9.01. The summed E-state index contributed by atoms with van der Waals surface area (Å²) in [5, 5.41) is 1.56. The molecule has 0 radical (unpaired) electrons. The Hall–Kier alpha value is -2.54. The molecule has 1 saturated carbocycles. The summed E-state index contributed by atoms with van der Waals surface area (Å²) in [6.45, 7) is 6.83. The number of halogens is 1. The molecule has 0 saturated heterocycles. The van der Waals surface area contributed by atoms with E-state index in [4.69, 9.17) is 16.3 Å². The number of carbonyl (C=O) groups excluding carboxylic acids is 2. The Bertz CT molecular complexity index is 1060. The van der Waals surface area contributed by atoms with Crippen molar-refractivity contribution in [2.75, 3.05) is 25.5 Å². The van der Waals surface area contributed by atoms with Crippen molar-refractivity contribution in [3.05, 3.63) is 35.0 Å². The van der Waals surface area contributed by atoms with Gasteiger partial charge in [-0.2, -0.15) is 0 Å². The lowest BCUT2D eigenvalue weighted by atomic mass is 9.84. The van der Waals surface area contributed by atoms with E-state index >= 15 is 0 Å². The summed E-state index contributed by atoms with van der Waals surface area (Å²) in [5.41, 5.74) is 2.32. The van der Waals surface area contributed by atoms with Crippen molar-refractivity contribution in [3.63, 3.8) is 0 Å². The Morgan fingerprint density at radius 2 is 1.94 bits per heavy atom. The number of ether oxygens (including phenoxy) is 1. The molecule has 2 aliphatic rings. The van der Waals surface area contributed by atoms with E-state index < -0.39 is 5.60 Å². The summed E-state index contributed by atoms with van der Waals surface area (Å²) in [5.74, 6) is 0.388. The highest BCUT2D eigenvalue weighted by Crippen LogP contribution is 2.40. The number of nitrogens with zero attached hydrogens (tertiary/aromatic N) is 4. The molecule has 0 N–H and O–H groups in total. The van der Waals surface area contributed by atoms with Crippen LogP contribution in [0, 0.1) is 5.92 Å². The monoisotopic (exact) mass is 472 g/mol. The van der Waals surface area contributed by atoms with E-state index in [0.717, 1.165) is 47.8 Å². The number of carbonyl (C=O) groups is 2. The van der Waals surface area contributed by atoms with Gasteiger partial charge in [-0.1, -0.05) is 11.6 Å². The van der Waals surface area contributed by atoms with Crippen molar-refractivity contribution in [3.8, 4) is 0 Å². The normalized spacial score (nSPS) is 21.2. The van der Waals surface area contributed by atoms with Gasteiger partial charge in [0.25, 0.3) is 0 Å². The molecule has 1 aliphatic heterocycles. The fraction of sp³-hybridized carbons (Fsp3) is 0.560. The highest BCUT2D eigenvalue weighted by atomic mass is 35.5. The van der Waals surface area contributed by atoms with Gasteiger partial charge in [0.2, 0.25) is 0 Å². The smallest absolute Gasteiger partial charge is 0.410 e. The summed E-state index contributed by atoms with van der Waals surface area (Å²) < 4.78 is 5.48. The number of anilines is 1. The number of rotatable bonds is 3. The van der Waals surface area contributed by atoms with Crippen LogP contribution in [0.1, 0.15) is 52.0 Å².